The third kappa shape index (κ3) is 4.92. The molecule has 2 rings (SSSR count). The van der Waals surface area contributed by atoms with Gasteiger partial charge in [0, 0.05) is 12.1 Å². The van der Waals surface area contributed by atoms with Crippen LogP contribution in [0.15, 0.2) is 30.3 Å². The molecule has 1 fully saturated rings. The third-order valence-electron chi connectivity index (χ3n) is 4.09. The summed E-state index contributed by atoms with van der Waals surface area (Å²) in [6, 6.07) is 10.5. The average molecular weight is 275 g/mol. The molecule has 20 heavy (non-hydrogen) atoms. The topological polar surface area (TPSA) is 21.3 Å². The minimum Gasteiger partial charge on any atom is -0.369 e. The summed E-state index contributed by atoms with van der Waals surface area (Å²) >= 11 is 0. The van der Waals surface area contributed by atoms with E-state index in [-0.39, 0.29) is 11.1 Å². The van der Waals surface area contributed by atoms with E-state index in [4.69, 9.17) is 4.74 Å². The van der Waals surface area contributed by atoms with Crippen molar-refractivity contribution >= 4 is 0 Å². The Kier molecular flexibility index (Phi) is 5.22. The molecule has 1 aliphatic rings. The van der Waals surface area contributed by atoms with Gasteiger partial charge in [-0.05, 0) is 39.2 Å². The van der Waals surface area contributed by atoms with E-state index in [1.165, 1.54) is 37.7 Å². The van der Waals surface area contributed by atoms with Gasteiger partial charge in [0.1, 0.15) is 0 Å². The minimum absolute atomic E-state index is 0.0291. The first-order valence-electron chi connectivity index (χ1n) is 7.92. The predicted octanol–water partition coefficient (Wildman–Crippen LogP) is 4.29. The summed E-state index contributed by atoms with van der Waals surface area (Å²) in [5.41, 5.74) is 1.45. The molecule has 1 aromatic rings. The molecule has 0 aromatic heterocycles. The molecule has 0 saturated heterocycles. The molecule has 2 nitrogen and oxygen atoms in total. The standard InChI is InChI=1S/C18H29NO/c1-17(2,3)19-15-18(12-8-5-9-13-18)20-14-16-10-6-4-7-11-16/h4,6-7,10-11,19H,5,8-9,12-15H2,1-3H3. The molecular formula is C18H29NO. The van der Waals surface area contributed by atoms with E-state index < -0.39 is 0 Å². The van der Waals surface area contributed by atoms with Crippen LogP contribution in [0.5, 0.6) is 0 Å². The largest absolute Gasteiger partial charge is 0.369 e. The highest BCUT2D eigenvalue weighted by atomic mass is 16.5. The lowest BCUT2D eigenvalue weighted by molar-refractivity contribution is -0.0812. The first-order chi connectivity index (χ1) is 9.49. The van der Waals surface area contributed by atoms with Crippen LogP contribution in [0.25, 0.3) is 0 Å². The van der Waals surface area contributed by atoms with E-state index in [9.17, 15) is 0 Å². The maximum Gasteiger partial charge on any atom is 0.0811 e. The normalized spacial score (nSPS) is 18.9. The summed E-state index contributed by atoms with van der Waals surface area (Å²) in [7, 11) is 0. The van der Waals surface area contributed by atoms with Crippen molar-refractivity contribution in [2.75, 3.05) is 6.54 Å². The predicted molar refractivity (Wildman–Crippen MR) is 84.8 cm³/mol. The fourth-order valence-corrected chi connectivity index (χ4v) is 2.81. The summed E-state index contributed by atoms with van der Waals surface area (Å²) in [6.45, 7) is 8.36. The van der Waals surface area contributed by atoms with Crippen LogP contribution in [0.4, 0.5) is 0 Å². The van der Waals surface area contributed by atoms with Gasteiger partial charge in [-0.3, -0.25) is 0 Å². The lowest BCUT2D eigenvalue weighted by Crippen LogP contribution is -2.50. The van der Waals surface area contributed by atoms with Crippen LogP contribution in [0, 0.1) is 0 Å². The number of benzene rings is 1. The van der Waals surface area contributed by atoms with E-state index in [1.54, 1.807) is 0 Å². The van der Waals surface area contributed by atoms with Gasteiger partial charge in [-0.15, -0.1) is 0 Å². The first kappa shape index (κ1) is 15.5. The smallest absolute Gasteiger partial charge is 0.0811 e. The van der Waals surface area contributed by atoms with Gasteiger partial charge in [0.2, 0.25) is 0 Å². The molecule has 1 aliphatic carbocycles. The maximum atomic E-state index is 6.39. The van der Waals surface area contributed by atoms with Crippen LogP contribution < -0.4 is 5.32 Å². The number of hydrogen-bond acceptors (Lipinski definition) is 2. The van der Waals surface area contributed by atoms with E-state index in [0.29, 0.717) is 0 Å². The Morgan fingerprint density at radius 2 is 1.70 bits per heavy atom. The zero-order valence-corrected chi connectivity index (χ0v) is 13.2. The van der Waals surface area contributed by atoms with Gasteiger partial charge in [0.25, 0.3) is 0 Å². The monoisotopic (exact) mass is 275 g/mol. The molecule has 1 N–H and O–H groups in total. The van der Waals surface area contributed by atoms with Gasteiger partial charge in [-0.25, -0.2) is 0 Å². The van der Waals surface area contributed by atoms with Crippen LogP contribution >= 0.6 is 0 Å². The highest BCUT2D eigenvalue weighted by Crippen LogP contribution is 2.32. The second-order valence-electron chi connectivity index (χ2n) is 7.12. The Morgan fingerprint density at radius 1 is 1.05 bits per heavy atom. The third-order valence-corrected chi connectivity index (χ3v) is 4.09. The van der Waals surface area contributed by atoms with Crippen molar-refractivity contribution in [1.82, 2.24) is 5.32 Å². The highest BCUT2D eigenvalue weighted by molar-refractivity contribution is 5.13. The highest BCUT2D eigenvalue weighted by Gasteiger charge is 2.33. The molecular weight excluding hydrogens is 246 g/mol. The van der Waals surface area contributed by atoms with Crippen molar-refractivity contribution in [1.29, 1.82) is 0 Å². The Hall–Kier alpha value is -0.860. The van der Waals surface area contributed by atoms with Crippen LogP contribution in [-0.4, -0.2) is 17.7 Å². The number of hydrogen-bond donors (Lipinski definition) is 1. The first-order valence-corrected chi connectivity index (χ1v) is 7.92. The average Bonchev–Trinajstić information content (AvgIpc) is 2.45. The Labute approximate surface area is 123 Å². The Bertz CT molecular complexity index is 388. The molecule has 1 saturated carbocycles. The summed E-state index contributed by atoms with van der Waals surface area (Å²) in [5, 5.41) is 3.64. The molecule has 0 radical (unpaired) electrons. The maximum absolute atomic E-state index is 6.39. The number of rotatable bonds is 5. The lowest BCUT2D eigenvalue weighted by Gasteiger charge is -2.39. The van der Waals surface area contributed by atoms with Crippen molar-refractivity contribution in [3.8, 4) is 0 Å². The van der Waals surface area contributed by atoms with Crippen molar-refractivity contribution in [2.45, 2.75) is 70.6 Å². The zero-order chi connectivity index (χ0) is 14.5. The van der Waals surface area contributed by atoms with Crippen LogP contribution in [0.3, 0.4) is 0 Å². The molecule has 0 amide bonds. The fraction of sp³-hybridized carbons (Fsp3) is 0.667. The Morgan fingerprint density at radius 3 is 2.30 bits per heavy atom. The van der Waals surface area contributed by atoms with Crippen LogP contribution in [0.1, 0.15) is 58.4 Å². The van der Waals surface area contributed by atoms with Crippen LogP contribution in [0.2, 0.25) is 0 Å². The van der Waals surface area contributed by atoms with Crippen LogP contribution in [-0.2, 0) is 11.3 Å². The van der Waals surface area contributed by atoms with Crippen molar-refractivity contribution < 1.29 is 4.74 Å². The van der Waals surface area contributed by atoms with Gasteiger partial charge < -0.3 is 10.1 Å². The molecule has 112 valence electrons. The fourth-order valence-electron chi connectivity index (χ4n) is 2.81. The number of nitrogens with one attached hydrogen (secondary N) is 1. The molecule has 0 spiro atoms. The summed E-state index contributed by atoms with van der Waals surface area (Å²) < 4.78 is 6.39. The Balaban J connectivity index is 1.96. The summed E-state index contributed by atoms with van der Waals surface area (Å²) in [5.74, 6) is 0. The minimum atomic E-state index is 0.0291. The second kappa shape index (κ2) is 6.73. The van der Waals surface area contributed by atoms with Gasteiger partial charge in [-0.2, -0.15) is 0 Å². The van der Waals surface area contributed by atoms with Crippen molar-refractivity contribution in [3.63, 3.8) is 0 Å². The van der Waals surface area contributed by atoms with E-state index >= 15 is 0 Å². The molecule has 0 atom stereocenters. The quantitative estimate of drug-likeness (QED) is 0.865. The van der Waals surface area contributed by atoms with Gasteiger partial charge in [0.05, 0.1) is 12.2 Å². The van der Waals surface area contributed by atoms with Gasteiger partial charge in [-0.1, -0.05) is 49.6 Å². The zero-order valence-electron chi connectivity index (χ0n) is 13.2. The molecule has 0 heterocycles. The van der Waals surface area contributed by atoms with Crippen molar-refractivity contribution in [3.05, 3.63) is 35.9 Å². The van der Waals surface area contributed by atoms with Crippen molar-refractivity contribution in [2.24, 2.45) is 0 Å². The molecule has 0 unspecified atom stereocenters. The van der Waals surface area contributed by atoms with E-state index in [1.807, 2.05) is 0 Å². The van der Waals surface area contributed by atoms with E-state index in [0.717, 1.165) is 13.2 Å². The SMILES string of the molecule is CC(C)(C)NCC1(OCc2ccccc2)CCCCC1. The van der Waals surface area contributed by atoms with Gasteiger partial charge in [0.15, 0.2) is 0 Å². The molecule has 2 heteroatoms. The summed E-state index contributed by atoms with van der Waals surface area (Å²) in [4.78, 5) is 0. The van der Waals surface area contributed by atoms with Gasteiger partial charge >= 0.3 is 0 Å². The second-order valence-corrected chi connectivity index (χ2v) is 7.12. The number of ether oxygens (including phenoxy) is 1. The molecule has 0 aliphatic heterocycles. The molecule has 0 bridgehead atoms. The molecule has 1 aromatic carbocycles. The van der Waals surface area contributed by atoms with E-state index in [2.05, 4.69) is 56.4 Å². The lowest BCUT2D eigenvalue weighted by atomic mass is 9.84. The summed E-state index contributed by atoms with van der Waals surface area (Å²) in [6.07, 6.45) is 6.30.